The molecule has 2 aromatic carbocycles. The molecule has 2 aromatic rings. The number of ether oxygens (including phenoxy) is 2. The van der Waals surface area contributed by atoms with Crippen LogP contribution in [0.4, 0.5) is 4.39 Å². The van der Waals surface area contributed by atoms with Crippen molar-refractivity contribution in [3.05, 3.63) is 56.8 Å². The van der Waals surface area contributed by atoms with E-state index in [1.165, 1.54) is 12.1 Å². The van der Waals surface area contributed by atoms with Crippen LogP contribution in [0.15, 0.2) is 34.8 Å². The molecule has 0 aliphatic carbocycles. The van der Waals surface area contributed by atoms with Crippen LogP contribution in [0.25, 0.3) is 0 Å². The predicted octanol–water partition coefficient (Wildman–Crippen LogP) is 5.74. The van der Waals surface area contributed by atoms with Gasteiger partial charge in [-0.05, 0) is 35.4 Å². The summed E-state index contributed by atoms with van der Waals surface area (Å²) in [5.41, 5.74) is 1.65. The summed E-state index contributed by atoms with van der Waals surface area (Å²) in [4.78, 5) is -0.210. The van der Waals surface area contributed by atoms with E-state index in [1.807, 2.05) is 12.1 Å². The monoisotopic (exact) mass is 436 g/mol. The first kappa shape index (κ1) is 16.6. The summed E-state index contributed by atoms with van der Waals surface area (Å²) in [5.74, 6) is 0.778. The van der Waals surface area contributed by atoms with Gasteiger partial charge in [0.25, 0.3) is 0 Å². The third-order valence-electron chi connectivity index (χ3n) is 3.01. The van der Waals surface area contributed by atoms with Crippen LogP contribution in [0.5, 0.6) is 11.5 Å². The van der Waals surface area contributed by atoms with Crippen molar-refractivity contribution in [2.24, 2.45) is 0 Å². The molecule has 112 valence electrons. The molecular weight excluding hydrogens is 426 g/mol. The van der Waals surface area contributed by atoms with E-state index in [0.29, 0.717) is 11.5 Å². The molecule has 1 unspecified atom stereocenters. The average Bonchev–Trinajstić information content (AvgIpc) is 2.49. The number of hydrogen-bond acceptors (Lipinski definition) is 2. The molecule has 2 nitrogen and oxygen atoms in total. The summed E-state index contributed by atoms with van der Waals surface area (Å²) in [5, 5.41) is 0.102. The van der Waals surface area contributed by atoms with Gasteiger partial charge < -0.3 is 9.47 Å². The standard InChI is InChI=1S/C15H12Br2ClFO2/c1-20-13-6-9(10(16)7-14(13)21-2)15(17)8-3-4-11(18)12(19)5-8/h3-7,15H,1-2H3. The van der Waals surface area contributed by atoms with E-state index in [4.69, 9.17) is 21.1 Å². The van der Waals surface area contributed by atoms with Gasteiger partial charge in [-0.15, -0.1) is 0 Å². The molecule has 0 heterocycles. The van der Waals surface area contributed by atoms with Gasteiger partial charge >= 0.3 is 0 Å². The van der Waals surface area contributed by atoms with Gasteiger partial charge in [0.1, 0.15) is 5.82 Å². The van der Waals surface area contributed by atoms with Crippen molar-refractivity contribution in [2.45, 2.75) is 4.83 Å². The summed E-state index contributed by atoms with van der Waals surface area (Å²) in [6.45, 7) is 0. The maximum absolute atomic E-state index is 13.6. The molecule has 0 aliphatic heterocycles. The molecule has 0 aromatic heterocycles. The Hall–Kier alpha value is -0.780. The van der Waals surface area contributed by atoms with E-state index in [9.17, 15) is 4.39 Å². The number of halogens is 4. The van der Waals surface area contributed by atoms with Crippen molar-refractivity contribution in [3.8, 4) is 11.5 Å². The largest absolute Gasteiger partial charge is 0.493 e. The van der Waals surface area contributed by atoms with Crippen LogP contribution in [0.3, 0.4) is 0 Å². The normalized spacial score (nSPS) is 12.1. The minimum Gasteiger partial charge on any atom is -0.493 e. The van der Waals surface area contributed by atoms with Crippen molar-refractivity contribution in [2.75, 3.05) is 14.2 Å². The van der Waals surface area contributed by atoms with Crippen molar-refractivity contribution < 1.29 is 13.9 Å². The van der Waals surface area contributed by atoms with Crippen molar-refractivity contribution in [3.63, 3.8) is 0 Å². The van der Waals surface area contributed by atoms with Gasteiger partial charge in [0.05, 0.1) is 24.1 Å². The highest BCUT2D eigenvalue weighted by Crippen LogP contribution is 2.41. The molecule has 2 rings (SSSR count). The lowest BCUT2D eigenvalue weighted by Crippen LogP contribution is -1.98. The number of hydrogen-bond donors (Lipinski definition) is 0. The lowest BCUT2D eigenvalue weighted by atomic mass is 10.0. The molecule has 1 atom stereocenters. The molecule has 0 bridgehead atoms. The first-order valence-electron chi connectivity index (χ1n) is 5.98. The highest BCUT2D eigenvalue weighted by Gasteiger charge is 2.18. The van der Waals surface area contributed by atoms with Crippen LogP contribution < -0.4 is 9.47 Å². The number of benzene rings is 2. The fourth-order valence-electron chi connectivity index (χ4n) is 1.91. The van der Waals surface area contributed by atoms with Gasteiger partial charge in [0, 0.05) is 4.47 Å². The molecule has 0 N–H and O–H groups in total. The molecule has 0 amide bonds. The number of rotatable bonds is 4. The molecule has 0 radical (unpaired) electrons. The third kappa shape index (κ3) is 3.52. The lowest BCUT2D eigenvalue weighted by Gasteiger charge is -2.16. The summed E-state index contributed by atoms with van der Waals surface area (Å²) in [6, 6.07) is 8.37. The zero-order chi connectivity index (χ0) is 15.6. The molecular formula is C15H12Br2ClFO2. The fraction of sp³-hybridized carbons (Fsp3) is 0.200. The van der Waals surface area contributed by atoms with Crippen LogP contribution in [0.2, 0.25) is 5.02 Å². The van der Waals surface area contributed by atoms with Crippen LogP contribution in [-0.4, -0.2) is 14.2 Å². The maximum Gasteiger partial charge on any atom is 0.161 e. The van der Waals surface area contributed by atoms with Crippen molar-refractivity contribution >= 4 is 43.5 Å². The highest BCUT2D eigenvalue weighted by molar-refractivity contribution is 9.11. The second kappa shape index (κ2) is 6.99. The van der Waals surface area contributed by atoms with Gasteiger partial charge in [-0.25, -0.2) is 4.39 Å². The van der Waals surface area contributed by atoms with E-state index < -0.39 is 5.82 Å². The van der Waals surface area contributed by atoms with Gasteiger partial charge in [0.15, 0.2) is 11.5 Å². The first-order chi connectivity index (χ1) is 9.97. The maximum atomic E-state index is 13.6. The third-order valence-corrected chi connectivity index (χ3v) is 5.03. The molecule has 0 spiro atoms. The summed E-state index contributed by atoms with van der Waals surface area (Å²) in [7, 11) is 3.14. The number of alkyl halides is 1. The van der Waals surface area contributed by atoms with E-state index in [-0.39, 0.29) is 9.85 Å². The van der Waals surface area contributed by atoms with E-state index in [2.05, 4.69) is 31.9 Å². The Morgan fingerprint density at radius 3 is 2.29 bits per heavy atom. The van der Waals surface area contributed by atoms with Gasteiger partial charge in [0.2, 0.25) is 0 Å². The van der Waals surface area contributed by atoms with Crippen molar-refractivity contribution in [1.29, 1.82) is 0 Å². The molecule has 21 heavy (non-hydrogen) atoms. The summed E-state index contributed by atoms with van der Waals surface area (Å²) < 4.78 is 25.0. The number of methoxy groups -OCH3 is 2. The van der Waals surface area contributed by atoms with Gasteiger partial charge in [-0.3, -0.25) is 0 Å². The Morgan fingerprint density at radius 2 is 1.71 bits per heavy atom. The Morgan fingerprint density at radius 1 is 1.10 bits per heavy atom. The van der Waals surface area contributed by atoms with Crippen molar-refractivity contribution in [1.82, 2.24) is 0 Å². The minimum atomic E-state index is -0.449. The van der Waals surface area contributed by atoms with E-state index in [0.717, 1.165) is 15.6 Å². The van der Waals surface area contributed by atoms with Gasteiger partial charge in [-0.1, -0.05) is 49.5 Å². The predicted molar refractivity (Wildman–Crippen MR) is 89.4 cm³/mol. The van der Waals surface area contributed by atoms with E-state index in [1.54, 1.807) is 20.3 Å². The van der Waals surface area contributed by atoms with E-state index >= 15 is 0 Å². The zero-order valence-electron chi connectivity index (χ0n) is 11.3. The molecule has 0 saturated heterocycles. The first-order valence-corrected chi connectivity index (χ1v) is 8.07. The topological polar surface area (TPSA) is 18.5 Å². The summed E-state index contributed by atoms with van der Waals surface area (Å²) >= 11 is 12.8. The Kier molecular flexibility index (Phi) is 5.52. The highest BCUT2D eigenvalue weighted by atomic mass is 79.9. The van der Waals surface area contributed by atoms with Crippen LogP contribution >= 0.6 is 43.5 Å². The lowest BCUT2D eigenvalue weighted by molar-refractivity contribution is 0.354. The SMILES string of the molecule is COc1cc(Br)c(C(Br)c2ccc(Cl)c(F)c2)cc1OC. The zero-order valence-corrected chi connectivity index (χ0v) is 15.2. The Balaban J connectivity index is 2.47. The molecule has 0 fully saturated rings. The fourth-order valence-corrected chi connectivity index (χ4v) is 3.55. The average molecular weight is 439 g/mol. The van der Waals surface area contributed by atoms with Crippen LogP contribution in [0.1, 0.15) is 16.0 Å². The Labute approximate surface area is 144 Å². The second-order valence-corrected chi connectivity index (χ2v) is 6.44. The van der Waals surface area contributed by atoms with Crippen LogP contribution in [-0.2, 0) is 0 Å². The smallest absolute Gasteiger partial charge is 0.161 e. The molecule has 6 heteroatoms. The Bertz CT molecular complexity index is 664. The second-order valence-electron chi connectivity index (χ2n) is 4.26. The van der Waals surface area contributed by atoms with Crippen LogP contribution in [0, 0.1) is 5.82 Å². The minimum absolute atomic E-state index is 0.102. The summed E-state index contributed by atoms with van der Waals surface area (Å²) in [6.07, 6.45) is 0. The van der Waals surface area contributed by atoms with Gasteiger partial charge in [-0.2, -0.15) is 0 Å². The molecule has 0 saturated carbocycles. The molecule has 0 aliphatic rings. The quantitative estimate of drug-likeness (QED) is 0.567.